The Morgan fingerprint density at radius 1 is 0.966 bits per heavy atom. The lowest BCUT2D eigenvalue weighted by Gasteiger charge is -2.41. The summed E-state index contributed by atoms with van der Waals surface area (Å²) in [5.74, 6) is -0.121. The SMILES string of the molecule is Cn1nc(-c2ccccc2)cc1C(=O)N1C2CCC1CC(N1C(=O)CCC1=O)C2. The smallest absolute Gasteiger partial charge is 0.272 e. The Kier molecular flexibility index (Phi) is 4.26. The largest absolute Gasteiger partial charge is 0.331 e. The van der Waals surface area contributed by atoms with Crippen LogP contribution in [0.1, 0.15) is 49.0 Å². The fraction of sp³-hybridized carbons (Fsp3) is 0.455. The van der Waals surface area contributed by atoms with Crippen molar-refractivity contribution in [1.29, 1.82) is 0 Å². The number of benzene rings is 1. The Hall–Kier alpha value is -2.96. The molecule has 1 aromatic heterocycles. The summed E-state index contributed by atoms with van der Waals surface area (Å²) in [6.07, 6.45) is 3.86. The maximum Gasteiger partial charge on any atom is 0.272 e. The first kappa shape index (κ1) is 18.1. The van der Waals surface area contributed by atoms with E-state index in [1.165, 1.54) is 4.90 Å². The minimum atomic E-state index is -0.0644. The Balaban J connectivity index is 1.38. The van der Waals surface area contributed by atoms with Crippen LogP contribution in [0.4, 0.5) is 0 Å². The zero-order valence-corrected chi connectivity index (χ0v) is 16.5. The topological polar surface area (TPSA) is 75.5 Å². The van der Waals surface area contributed by atoms with E-state index in [1.54, 1.807) is 11.7 Å². The fourth-order valence-electron chi connectivity index (χ4n) is 5.24. The van der Waals surface area contributed by atoms with Gasteiger partial charge in [0.1, 0.15) is 5.69 Å². The molecule has 0 spiro atoms. The number of rotatable bonds is 3. The summed E-state index contributed by atoms with van der Waals surface area (Å²) in [6.45, 7) is 0. The number of carbonyl (C=O) groups is 3. The molecule has 5 rings (SSSR count). The minimum Gasteiger partial charge on any atom is -0.331 e. The molecule has 0 N–H and O–H groups in total. The third-order valence-electron chi connectivity index (χ3n) is 6.57. The Morgan fingerprint density at radius 2 is 1.59 bits per heavy atom. The predicted molar refractivity (Wildman–Crippen MR) is 106 cm³/mol. The number of nitrogens with zero attached hydrogens (tertiary/aromatic N) is 4. The third-order valence-corrected chi connectivity index (χ3v) is 6.57. The van der Waals surface area contributed by atoms with Crippen molar-refractivity contribution in [3.63, 3.8) is 0 Å². The van der Waals surface area contributed by atoms with Crippen LogP contribution < -0.4 is 0 Å². The highest BCUT2D eigenvalue weighted by Gasteiger charge is 2.48. The summed E-state index contributed by atoms with van der Waals surface area (Å²) in [5.41, 5.74) is 2.34. The van der Waals surface area contributed by atoms with E-state index >= 15 is 0 Å². The van der Waals surface area contributed by atoms with E-state index in [0.29, 0.717) is 31.4 Å². The van der Waals surface area contributed by atoms with E-state index in [4.69, 9.17) is 0 Å². The van der Waals surface area contributed by atoms with Gasteiger partial charge in [0.2, 0.25) is 11.8 Å². The summed E-state index contributed by atoms with van der Waals surface area (Å²) in [6, 6.07) is 11.8. The molecule has 2 aromatic rings. The molecule has 0 aliphatic carbocycles. The van der Waals surface area contributed by atoms with Crippen LogP contribution in [0.3, 0.4) is 0 Å². The van der Waals surface area contributed by atoms with Crippen molar-refractivity contribution in [2.75, 3.05) is 0 Å². The first-order valence-corrected chi connectivity index (χ1v) is 10.3. The number of aromatic nitrogens is 2. The van der Waals surface area contributed by atoms with Crippen molar-refractivity contribution >= 4 is 17.7 Å². The highest BCUT2D eigenvalue weighted by atomic mass is 16.2. The second-order valence-corrected chi connectivity index (χ2v) is 8.28. The maximum absolute atomic E-state index is 13.4. The van der Waals surface area contributed by atoms with E-state index in [2.05, 4.69) is 5.10 Å². The molecule has 1 aromatic carbocycles. The third kappa shape index (κ3) is 2.96. The molecular weight excluding hydrogens is 368 g/mol. The van der Waals surface area contributed by atoms with E-state index in [9.17, 15) is 14.4 Å². The summed E-state index contributed by atoms with van der Waals surface area (Å²) < 4.78 is 1.66. The fourth-order valence-corrected chi connectivity index (χ4v) is 5.24. The molecule has 3 aliphatic heterocycles. The number of imide groups is 1. The van der Waals surface area contributed by atoms with Gasteiger partial charge >= 0.3 is 0 Å². The van der Waals surface area contributed by atoms with Gasteiger partial charge in [-0.05, 0) is 31.7 Å². The van der Waals surface area contributed by atoms with Crippen molar-refractivity contribution in [1.82, 2.24) is 19.6 Å². The van der Waals surface area contributed by atoms with Crippen molar-refractivity contribution in [3.8, 4) is 11.3 Å². The van der Waals surface area contributed by atoms with Crippen molar-refractivity contribution in [3.05, 3.63) is 42.1 Å². The van der Waals surface area contributed by atoms with Gasteiger partial charge in [0.25, 0.3) is 5.91 Å². The maximum atomic E-state index is 13.4. The average molecular weight is 392 g/mol. The number of hydrogen-bond acceptors (Lipinski definition) is 4. The monoisotopic (exact) mass is 392 g/mol. The summed E-state index contributed by atoms with van der Waals surface area (Å²) in [4.78, 5) is 41.2. The standard InChI is InChI=1S/C22H24N4O3/c1-24-19(13-18(23-24)14-5-3-2-4-6-14)22(29)25-15-7-8-16(25)12-17(11-15)26-20(27)9-10-21(26)28/h2-6,13,15-17H,7-12H2,1H3. The zero-order chi connectivity index (χ0) is 20.1. The molecule has 3 amide bonds. The average Bonchev–Trinajstić information content (AvgIpc) is 3.35. The first-order chi connectivity index (χ1) is 14.0. The number of likely N-dealkylation sites (tertiary alicyclic amines) is 1. The Labute approximate surface area is 169 Å². The second kappa shape index (κ2) is 6.83. The van der Waals surface area contributed by atoms with E-state index in [1.807, 2.05) is 41.3 Å². The van der Waals surface area contributed by atoms with Crippen LogP contribution in [0, 0.1) is 0 Å². The van der Waals surface area contributed by atoms with E-state index in [0.717, 1.165) is 24.1 Å². The normalized spacial score (nSPS) is 26.4. The van der Waals surface area contributed by atoms with Crippen LogP contribution in [0.15, 0.2) is 36.4 Å². The Bertz CT molecular complexity index is 953. The van der Waals surface area contributed by atoms with Crippen LogP contribution >= 0.6 is 0 Å². The molecule has 3 fully saturated rings. The minimum absolute atomic E-state index is 0.00722. The summed E-state index contributed by atoms with van der Waals surface area (Å²) in [7, 11) is 1.80. The van der Waals surface area contributed by atoms with Crippen molar-refractivity contribution in [2.24, 2.45) is 7.05 Å². The van der Waals surface area contributed by atoms with E-state index in [-0.39, 0.29) is 35.8 Å². The zero-order valence-electron chi connectivity index (χ0n) is 16.5. The molecule has 150 valence electrons. The van der Waals surface area contributed by atoms with Gasteiger partial charge in [0, 0.05) is 43.6 Å². The Morgan fingerprint density at radius 3 is 2.21 bits per heavy atom. The predicted octanol–water partition coefficient (Wildman–Crippen LogP) is 2.37. The van der Waals surface area contributed by atoms with Gasteiger partial charge in [0.15, 0.2) is 0 Å². The molecule has 29 heavy (non-hydrogen) atoms. The van der Waals surface area contributed by atoms with E-state index < -0.39 is 0 Å². The second-order valence-electron chi connectivity index (χ2n) is 8.28. The van der Waals surface area contributed by atoms with Crippen LogP contribution in [0.25, 0.3) is 11.3 Å². The number of amides is 3. The lowest BCUT2D eigenvalue weighted by molar-refractivity contribution is -0.142. The molecule has 0 saturated carbocycles. The number of fused-ring (bicyclic) bond motifs is 2. The van der Waals surface area contributed by atoms with Crippen molar-refractivity contribution in [2.45, 2.75) is 56.7 Å². The summed E-state index contributed by atoms with van der Waals surface area (Å²) >= 11 is 0. The van der Waals surface area contributed by atoms with Gasteiger partial charge < -0.3 is 4.90 Å². The lowest BCUT2D eigenvalue weighted by Crippen LogP contribution is -2.53. The van der Waals surface area contributed by atoms with Gasteiger partial charge in [-0.3, -0.25) is 24.0 Å². The molecule has 2 bridgehead atoms. The molecule has 7 nitrogen and oxygen atoms in total. The van der Waals surface area contributed by atoms with Crippen LogP contribution in [-0.4, -0.2) is 55.4 Å². The summed E-state index contributed by atoms with van der Waals surface area (Å²) in [5, 5.41) is 4.54. The first-order valence-electron chi connectivity index (χ1n) is 10.3. The van der Waals surface area contributed by atoms with Gasteiger partial charge in [-0.1, -0.05) is 30.3 Å². The number of aryl methyl sites for hydroxylation is 1. The molecule has 4 heterocycles. The molecule has 2 unspecified atom stereocenters. The lowest BCUT2D eigenvalue weighted by atomic mass is 9.95. The number of hydrogen-bond donors (Lipinski definition) is 0. The van der Waals surface area contributed by atoms with Gasteiger partial charge in [0.05, 0.1) is 5.69 Å². The van der Waals surface area contributed by atoms with Gasteiger partial charge in [-0.25, -0.2) is 0 Å². The molecular formula is C22H24N4O3. The molecule has 0 radical (unpaired) electrons. The van der Waals surface area contributed by atoms with Gasteiger partial charge in [-0.2, -0.15) is 5.10 Å². The number of piperidine rings is 1. The molecule has 2 atom stereocenters. The van der Waals surface area contributed by atoms with Crippen molar-refractivity contribution < 1.29 is 14.4 Å². The molecule has 7 heteroatoms. The molecule has 3 saturated heterocycles. The van der Waals surface area contributed by atoms with Crippen LogP contribution in [0.5, 0.6) is 0 Å². The highest BCUT2D eigenvalue weighted by molar-refractivity contribution is 6.02. The van der Waals surface area contributed by atoms with Crippen LogP contribution in [0.2, 0.25) is 0 Å². The highest BCUT2D eigenvalue weighted by Crippen LogP contribution is 2.40. The van der Waals surface area contributed by atoms with Crippen LogP contribution in [-0.2, 0) is 16.6 Å². The van der Waals surface area contributed by atoms with Gasteiger partial charge in [-0.15, -0.1) is 0 Å². The number of carbonyl (C=O) groups excluding carboxylic acids is 3. The molecule has 3 aliphatic rings. The quantitative estimate of drug-likeness (QED) is 0.752.